The van der Waals surface area contributed by atoms with Gasteiger partial charge in [-0.2, -0.15) is 5.10 Å². The Morgan fingerprint density at radius 2 is 2.15 bits per heavy atom. The third kappa shape index (κ3) is 5.73. The van der Waals surface area contributed by atoms with E-state index in [1.165, 1.54) is 0 Å². The number of aromatic nitrogens is 2. The second-order valence-corrected chi connectivity index (χ2v) is 5.13. The Balaban J connectivity index is 2.32. The molecule has 1 heterocycles. The molecule has 20 heavy (non-hydrogen) atoms. The maximum atomic E-state index is 11.7. The second-order valence-electron chi connectivity index (χ2n) is 5.13. The van der Waals surface area contributed by atoms with Crippen molar-refractivity contribution in [3.8, 4) is 0 Å². The number of nitrogens with zero attached hydrogens (tertiary/aromatic N) is 2. The van der Waals surface area contributed by atoms with Gasteiger partial charge in [0.1, 0.15) is 0 Å². The zero-order valence-corrected chi connectivity index (χ0v) is 12.1. The highest BCUT2D eigenvalue weighted by Gasteiger charge is 2.18. The number of nitrogens with one attached hydrogen (secondary N) is 2. The quantitative estimate of drug-likeness (QED) is 0.695. The lowest BCUT2D eigenvalue weighted by Crippen LogP contribution is -2.46. The first kappa shape index (κ1) is 16.0. The number of carboxylic acid groups (broad SMARTS) is 1. The fourth-order valence-electron chi connectivity index (χ4n) is 1.73. The third-order valence-electron chi connectivity index (χ3n) is 2.90. The van der Waals surface area contributed by atoms with Gasteiger partial charge in [0.05, 0.1) is 19.2 Å². The maximum absolute atomic E-state index is 11.7. The van der Waals surface area contributed by atoms with E-state index in [0.29, 0.717) is 13.1 Å². The predicted octanol–water partition coefficient (Wildman–Crippen LogP) is 0.990. The van der Waals surface area contributed by atoms with Crippen LogP contribution in [0.5, 0.6) is 0 Å². The Labute approximate surface area is 118 Å². The van der Waals surface area contributed by atoms with Crippen LogP contribution in [0.15, 0.2) is 12.4 Å². The largest absolute Gasteiger partial charge is 0.481 e. The first-order valence-electron chi connectivity index (χ1n) is 6.63. The molecule has 1 atom stereocenters. The minimum atomic E-state index is -0.920. The fourth-order valence-corrected chi connectivity index (χ4v) is 1.73. The molecular weight excluding hydrogens is 260 g/mol. The van der Waals surface area contributed by atoms with Gasteiger partial charge in [-0.3, -0.25) is 9.48 Å². The SMILES string of the molecule is Cc1cnn(CCNC(=O)NC(CC(=O)O)C(C)C)c1. The molecule has 7 heteroatoms. The van der Waals surface area contributed by atoms with Crippen LogP contribution < -0.4 is 10.6 Å². The zero-order chi connectivity index (χ0) is 15.1. The molecule has 0 radical (unpaired) electrons. The van der Waals surface area contributed by atoms with E-state index in [0.717, 1.165) is 5.56 Å². The Morgan fingerprint density at radius 3 is 2.65 bits per heavy atom. The summed E-state index contributed by atoms with van der Waals surface area (Å²) >= 11 is 0. The Morgan fingerprint density at radius 1 is 1.45 bits per heavy atom. The number of hydrogen-bond acceptors (Lipinski definition) is 3. The van der Waals surface area contributed by atoms with Crippen molar-refractivity contribution in [3.05, 3.63) is 18.0 Å². The minimum absolute atomic E-state index is 0.0608. The second kappa shape index (κ2) is 7.52. The van der Waals surface area contributed by atoms with Crippen molar-refractivity contribution in [1.82, 2.24) is 20.4 Å². The van der Waals surface area contributed by atoms with E-state index in [1.807, 2.05) is 27.0 Å². The Hall–Kier alpha value is -2.05. The smallest absolute Gasteiger partial charge is 0.315 e. The van der Waals surface area contributed by atoms with E-state index in [-0.39, 0.29) is 24.4 Å². The highest BCUT2D eigenvalue weighted by Crippen LogP contribution is 2.05. The van der Waals surface area contributed by atoms with Gasteiger partial charge < -0.3 is 15.7 Å². The summed E-state index contributed by atoms with van der Waals surface area (Å²) in [6.07, 6.45) is 3.56. The van der Waals surface area contributed by atoms with Gasteiger partial charge in [-0.1, -0.05) is 13.8 Å². The molecule has 0 bridgehead atoms. The molecule has 0 aliphatic rings. The van der Waals surface area contributed by atoms with Crippen LogP contribution in [0.25, 0.3) is 0 Å². The van der Waals surface area contributed by atoms with Crippen LogP contribution in [0.2, 0.25) is 0 Å². The molecule has 0 fully saturated rings. The van der Waals surface area contributed by atoms with Crippen molar-refractivity contribution in [2.45, 2.75) is 39.8 Å². The number of aryl methyl sites for hydroxylation is 1. The third-order valence-corrected chi connectivity index (χ3v) is 2.90. The molecule has 0 aliphatic carbocycles. The van der Waals surface area contributed by atoms with Gasteiger partial charge in [-0.15, -0.1) is 0 Å². The van der Waals surface area contributed by atoms with Crippen LogP contribution in [0, 0.1) is 12.8 Å². The molecule has 1 aromatic heterocycles. The molecule has 1 unspecified atom stereocenters. The molecular formula is C13H22N4O3. The minimum Gasteiger partial charge on any atom is -0.481 e. The molecule has 2 amide bonds. The fraction of sp³-hybridized carbons (Fsp3) is 0.615. The number of hydrogen-bond donors (Lipinski definition) is 3. The first-order valence-corrected chi connectivity index (χ1v) is 6.63. The summed E-state index contributed by atoms with van der Waals surface area (Å²) in [5.41, 5.74) is 1.07. The van der Waals surface area contributed by atoms with Crippen molar-refractivity contribution in [2.75, 3.05) is 6.54 Å². The standard InChI is InChI=1S/C13H22N4O3/c1-9(2)11(6-12(18)19)16-13(20)14-4-5-17-8-10(3)7-15-17/h7-9,11H,4-6H2,1-3H3,(H,18,19)(H2,14,16,20). The van der Waals surface area contributed by atoms with Gasteiger partial charge >= 0.3 is 12.0 Å². The molecule has 0 aromatic carbocycles. The molecule has 0 aliphatic heterocycles. The molecule has 0 saturated heterocycles. The first-order chi connectivity index (χ1) is 9.38. The summed E-state index contributed by atoms with van der Waals surface area (Å²) in [5, 5.41) is 18.3. The van der Waals surface area contributed by atoms with Crippen molar-refractivity contribution < 1.29 is 14.7 Å². The van der Waals surface area contributed by atoms with Gasteiger partial charge in [-0.25, -0.2) is 4.79 Å². The van der Waals surface area contributed by atoms with Crippen LogP contribution in [-0.2, 0) is 11.3 Å². The van der Waals surface area contributed by atoms with Gasteiger partial charge in [0.15, 0.2) is 0 Å². The van der Waals surface area contributed by atoms with Crippen molar-refractivity contribution in [2.24, 2.45) is 5.92 Å². The van der Waals surface area contributed by atoms with Crippen molar-refractivity contribution >= 4 is 12.0 Å². The number of aliphatic carboxylic acids is 1. The summed E-state index contributed by atoms with van der Waals surface area (Å²) < 4.78 is 1.74. The van der Waals surface area contributed by atoms with Crippen LogP contribution >= 0.6 is 0 Å². The zero-order valence-electron chi connectivity index (χ0n) is 12.1. The maximum Gasteiger partial charge on any atom is 0.315 e. The summed E-state index contributed by atoms with van der Waals surface area (Å²) in [6.45, 7) is 6.71. The monoisotopic (exact) mass is 282 g/mol. The lowest BCUT2D eigenvalue weighted by Gasteiger charge is -2.20. The highest BCUT2D eigenvalue weighted by atomic mass is 16.4. The number of rotatable bonds is 7. The summed E-state index contributed by atoms with van der Waals surface area (Å²) in [4.78, 5) is 22.4. The average molecular weight is 282 g/mol. The van der Waals surface area contributed by atoms with E-state index in [1.54, 1.807) is 10.9 Å². The summed E-state index contributed by atoms with van der Waals surface area (Å²) in [6, 6.07) is -0.728. The lowest BCUT2D eigenvalue weighted by molar-refractivity contribution is -0.137. The Bertz CT molecular complexity index is 456. The summed E-state index contributed by atoms with van der Waals surface area (Å²) in [5.74, 6) is -0.860. The lowest BCUT2D eigenvalue weighted by atomic mass is 10.0. The number of carbonyl (C=O) groups excluding carboxylic acids is 1. The van der Waals surface area contributed by atoms with E-state index in [4.69, 9.17) is 5.11 Å². The number of urea groups is 1. The molecule has 112 valence electrons. The van der Waals surface area contributed by atoms with E-state index < -0.39 is 5.97 Å². The average Bonchev–Trinajstić information content (AvgIpc) is 2.73. The Kier molecular flexibility index (Phi) is 6.02. The van der Waals surface area contributed by atoms with Crippen molar-refractivity contribution in [1.29, 1.82) is 0 Å². The van der Waals surface area contributed by atoms with Gasteiger partial charge in [0.25, 0.3) is 0 Å². The molecule has 1 aromatic rings. The van der Waals surface area contributed by atoms with Gasteiger partial charge in [-0.05, 0) is 18.4 Å². The van der Waals surface area contributed by atoms with Gasteiger partial charge in [0.2, 0.25) is 0 Å². The predicted molar refractivity (Wildman–Crippen MR) is 74.4 cm³/mol. The van der Waals surface area contributed by atoms with E-state index >= 15 is 0 Å². The van der Waals surface area contributed by atoms with Crippen LogP contribution in [0.4, 0.5) is 4.79 Å². The van der Waals surface area contributed by atoms with Crippen molar-refractivity contribution in [3.63, 3.8) is 0 Å². The van der Waals surface area contributed by atoms with Gasteiger partial charge in [0, 0.05) is 18.8 Å². The molecule has 0 spiro atoms. The number of carbonyl (C=O) groups is 2. The van der Waals surface area contributed by atoms with Crippen LogP contribution in [-0.4, -0.2) is 39.5 Å². The summed E-state index contributed by atoms with van der Waals surface area (Å²) in [7, 11) is 0. The molecule has 1 rings (SSSR count). The molecule has 0 saturated carbocycles. The molecule has 7 nitrogen and oxygen atoms in total. The number of carboxylic acids is 1. The van der Waals surface area contributed by atoms with Crippen LogP contribution in [0.1, 0.15) is 25.8 Å². The van der Waals surface area contributed by atoms with E-state index in [9.17, 15) is 9.59 Å². The number of amides is 2. The topological polar surface area (TPSA) is 96.3 Å². The van der Waals surface area contributed by atoms with E-state index in [2.05, 4.69) is 15.7 Å². The normalized spacial score (nSPS) is 12.2. The highest BCUT2D eigenvalue weighted by molar-refractivity contribution is 5.75. The van der Waals surface area contributed by atoms with Crippen LogP contribution in [0.3, 0.4) is 0 Å². The molecule has 3 N–H and O–H groups in total.